The fourth-order valence-corrected chi connectivity index (χ4v) is 5.58. The maximum absolute atomic E-state index is 13.7. The molecular formula is C27H29FN2O6S. The second-order valence-electron chi connectivity index (χ2n) is 8.55. The summed E-state index contributed by atoms with van der Waals surface area (Å²) < 4.78 is 58.4. The zero-order valence-electron chi connectivity index (χ0n) is 20.9. The van der Waals surface area contributed by atoms with Crippen molar-refractivity contribution in [2.75, 3.05) is 31.2 Å². The fourth-order valence-electron chi connectivity index (χ4n) is 4.14. The number of nitrogens with zero attached hydrogens (tertiary/aromatic N) is 1. The van der Waals surface area contributed by atoms with Crippen LogP contribution >= 0.6 is 0 Å². The lowest BCUT2D eigenvalue weighted by molar-refractivity contribution is -0.120. The summed E-state index contributed by atoms with van der Waals surface area (Å²) in [6.07, 6.45) is 0.586. The first-order valence-corrected chi connectivity index (χ1v) is 13.3. The minimum absolute atomic E-state index is 0.0771. The van der Waals surface area contributed by atoms with Crippen molar-refractivity contribution in [1.82, 2.24) is 5.32 Å². The topological polar surface area (TPSA) is 94.2 Å². The van der Waals surface area contributed by atoms with Gasteiger partial charge in [-0.05, 0) is 66.9 Å². The van der Waals surface area contributed by atoms with Crippen molar-refractivity contribution < 1.29 is 31.8 Å². The number of ether oxygens (including phenoxy) is 3. The van der Waals surface area contributed by atoms with E-state index in [2.05, 4.69) is 5.32 Å². The van der Waals surface area contributed by atoms with Crippen LogP contribution in [0.1, 0.15) is 30.5 Å². The van der Waals surface area contributed by atoms with Gasteiger partial charge in [0.25, 0.3) is 10.0 Å². The molecule has 3 aromatic carbocycles. The summed E-state index contributed by atoms with van der Waals surface area (Å²) in [6.45, 7) is 3.99. The Hall–Kier alpha value is -3.79. The van der Waals surface area contributed by atoms with E-state index in [0.29, 0.717) is 31.1 Å². The summed E-state index contributed by atoms with van der Waals surface area (Å²) in [7, 11) is -2.63. The lowest BCUT2D eigenvalue weighted by Gasteiger charge is -2.26. The van der Waals surface area contributed by atoms with E-state index in [-0.39, 0.29) is 16.6 Å². The number of hydrogen-bond acceptors (Lipinski definition) is 6. The van der Waals surface area contributed by atoms with E-state index < -0.39 is 28.3 Å². The molecule has 8 nitrogen and oxygen atoms in total. The zero-order valence-corrected chi connectivity index (χ0v) is 21.7. The number of carbonyl (C=O) groups excluding carboxylic acids is 1. The second kappa shape index (κ2) is 11.1. The average molecular weight is 529 g/mol. The molecule has 1 aliphatic rings. The third-order valence-corrected chi connectivity index (χ3v) is 7.84. The molecule has 1 heterocycles. The number of fused-ring (bicyclic) bond motifs is 1. The third kappa shape index (κ3) is 5.80. The number of carbonyl (C=O) groups is 1. The van der Waals surface area contributed by atoms with Gasteiger partial charge in [0.1, 0.15) is 31.3 Å². The number of anilines is 1. The highest BCUT2D eigenvalue weighted by atomic mass is 32.2. The van der Waals surface area contributed by atoms with E-state index in [1.807, 2.05) is 32.0 Å². The SMILES string of the molecule is CC[C@@H](NC(=O)CN(c1ccc(F)cc1)S(=O)(=O)c1ccc2c(c1)OCCO2)c1ccc(OC)c(C)c1. The number of amides is 1. The van der Waals surface area contributed by atoms with Gasteiger partial charge in [-0.25, -0.2) is 12.8 Å². The lowest BCUT2D eigenvalue weighted by atomic mass is 10.0. The normalized spacial score (nSPS) is 13.5. The number of sulfonamides is 1. The van der Waals surface area contributed by atoms with Gasteiger partial charge in [-0.2, -0.15) is 0 Å². The van der Waals surface area contributed by atoms with Crippen LogP contribution in [0.4, 0.5) is 10.1 Å². The van der Waals surface area contributed by atoms with E-state index in [0.717, 1.165) is 33.3 Å². The molecule has 1 amide bonds. The predicted octanol–water partition coefficient (Wildman–Crippen LogP) is 4.38. The van der Waals surface area contributed by atoms with Crippen LogP contribution in [0.5, 0.6) is 17.2 Å². The molecule has 1 N–H and O–H groups in total. The summed E-state index contributed by atoms with van der Waals surface area (Å²) >= 11 is 0. The van der Waals surface area contributed by atoms with Crippen LogP contribution in [0.2, 0.25) is 0 Å². The highest BCUT2D eigenvalue weighted by molar-refractivity contribution is 7.92. The van der Waals surface area contributed by atoms with E-state index in [4.69, 9.17) is 14.2 Å². The largest absolute Gasteiger partial charge is 0.496 e. The van der Waals surface area contributed by atoms with Crippen LogP contribution in [0.25, 0.3) is 0 Å². The van der Waals surface area contributed by atoms with Gasteiger partial charge in [0.05, 0.1) is 23.7 Å². The fraction of sp³-hybridized carbons (Fsp3) is 0.296. The smallest absolute Gasteiger partial charge is 0.264 e. The van der Waals surface area contributed by atoms with Gasteiger partial charge in [-0.1, -0.05) is 19.1 Å². The molecule has 0 radical (unpaired) electrons. The first-order chi connectivity index (χ1) is 17.7. The summed E-state index contributed by atoms with van der Waals surface area (Å²) in [5.74, 6) is 0.447. The molecule has 3 aromatic rings. The Kier molecular flexibility index (Phi) is 7.87. The van der Waals surface area contributed by atoms with Crippen LogP contribution in [-0.2, 0) is 14.8 Å². The maximum atomic E-state index is 13.7. The Morgan fingerprint density at radius 2 is 1.76 bits per heavy atom. The van der Waals surface area contributed by atoms with E-state index in [1.54, 1.807) is 7.11 Å². The molecule has 10 heteroatoms. The van der Waals surface area contributed by atoms with Crippen molar-refractivity contribution >= 4 is 21.6 Å². The van der Waals surface area contributed by atoms with Crippen molar-refractivity contribution in [2.24, 2.45) is 0 Å². The third-order valence-electron chi connectivity index (χ3n) is 6.07. The number of hydrogen-bond donors (Lipinski definition) is 1. The molecule has 0 spiro atoms. The van der Waals surface area contributed by atoms with Crippen molar-refractivity contribution in [1.29, 1.82) is 0 Å². The molecule has 0 fully saturated rings. The van der Waals surface area contributed by atoms with Gasteiger partial charge >= 0.3 is 0 Å². The van der Waals surface area contributed by atoms with Gasteiger partial charge in [0, 0.05) is 6.07 Å². The minimum Gasteiger partial charge on any atom is -0.496 e. The number of methoxy groups -OCH3 is 1. The summed E-state index contributed by atoms with van der Waals surface area (Å²) in [6, 6.07) is 14.5. The molecule has 0 saturated heterocycles. The van der Waals surface area contributed by atoms with Crippen LogP contribution in [0, 0.1) is 12.7 Å². The summed E-state index contributed by atoms with van der Waals surface area (Å²) in [5, 5.41) is 2.93. The number of halogens is 1. The van der Waals surface area contributed by atoms with Gasteiger partial charge in [0.15, 0.2) is 11.5 Å². The van der Waals surface area contributed by atoms with E-state index in [1.165, 1.54) is 30.3 Å². The number of benzene rings is 3. The molecule has 4 rings (SSSR count). The number of nitrogens with one attached hydrogen (secondary N) is 1. The Morgan fingerprint density at radius 1 is 1.05 bits per heavy atom. The molecule has 0 bridgehead atoms. The Labute approximate surface area is 216 Å². The van der Waals surface area contributed by atoms with Crippen LogP contribution < -0.4 is 23.8 Å². The van der Waals surface area contributed by atoms with Gasteiger partial charge < -0.3 is 19.5 Å². The highest BCUT2D eigenvalue weighted by Crippen LogP contribution is 2.34. The summed E-state index contributed by atoms with van der Waals surface area (Å²) in [4.78, 5) is 13.1. The van der Waals surface area contributed by atoms with Crippen LogP contribution in [0.3, 0.4) is 0 Å². The van der Waals surface area contributed by atoms with Crippen molar-refractivity contribution in [2.45, 2.75) is 31.2 Å². The maximum Gasteiger partial charge on any atom is 0.264 e. The van der Waals surface area contributed by atoms with Crippen molar-refractivity contribution in [3.8, 4) is 17.2 Å². The van der Waals surface area contributed by atoms with Crippen molar-refractivity contribution in [3.05, 3.63) is 77.6 Å². The monoisotopic (exact) mass is 528 g/mol. The molecular weight excluding hydrogens is 499 g/mol. The molecule has 0 aromatic heterocycles. The summed E-state index contributed by atoms with van der Waals surface area (Å²) in [5.41, 5.74) is 1.94. The molecule has 1 aliphatic heterocycles. The molecule has 0 unspecified atom stereocenters. The van der Waals surface area contributed by atoms with Crippen molar-refractivity contribution in [3.63, 3.8) is 0 Å². The second-order valence-corrected chi connectivity index (χ2v) is 10.4. The first-order valence-electron chi connectivity index (χ1n) is 11.8. The highest BCUT2D eigenvalue weighted by Gasteiger charge is 2.29. The first kappa shape index (κ1) is 26.3. The predicted molar refractivity (Wildman–Crippen MR) is 137 cm³/mol. The molecule has 1 atom stereocenters. The zero-order chi connectivity index (χ0) is 26.6. The molecule has 0 aliphatic carbocycles. The number of rotatable bonds is 9. The average Bonchev–Trinajstić information content (AvgIpc) is 2.90. The van der Waals surface area contributed by atoms with E-state index in [9.17, 15) is 17.6 Å². The standard InChI is InChI=1S/C27H29FN2O6S/c1-4-23(19-5-11-24(34-3)18(2)15-19)29-27(31)17-30(21-8-6-20(28)7-9-21)37(32,33)22-10-12-25-26(16-22)36-14-13-35-25/h5-12,15-16,23H,4,13-14,17H2,1-3H3,(H,29,31)/t23-/m1/s1. The van der Waals surface area contributed by atoms with Crippen LogP contribution in [-0.4, -0.2) is 41.2 Å². The molecule has 0 saturated carbocycles. The Balaban J connectivity index is 1.63. The molecule has 37 heavy (non-hydrogen) atoms. The number of aryl methyl sites for hydroxylation is 1. The van der Waals surface area contributed by atoms with E-state index >= 15 is 0 Å². The van der Waals surface area contributed by atoms with Gasteiger partial charge in [-0.15, -0.1) is 0 Å². The minimum atomic E-state index is -4.22. The quantitative estimate of drug-likeness (QED) is 0.443. The van der Waals surface area contributed by atoms with Gasteiger partial charge in [0.2, 0.25) is 5.91 Å². The molecule has 196 valence electrons. The Bertz CT molecular complexity index is 1380. The van der Waals surface area contributed by atoms with Gasteiger partial charge in [-0.3, -0.25) is 9.10 Å². The van der Waals surface area contributed by atoms with Crippen LogP contribution in [0.15, 0.2) is 65.6 Å². The Morgan fingerprint density at radius 3 is 2.41 bits per heavy atom. The lowest BCUT2D eigenvalue weighted by Crippen LogP contribution is -2.42.